The Bertz CT molecular complexity index is 2780. The Morgan fingerprint density at radius 1 is 0.790 bits per heavy atom. The lowest BCUT2D eigenvalue weighted by atomic mass is 9.83. The first-order valence-electron chi connectivity index (χ1n) is 29.6. The van der Waals surface area contributed by atoms with E-state index in [0.717, 1.165) is 104 Å². The first-order chi connectivity index (χ1) is 39.0. The standard InChI is InChI=1S/C63H86N8O9S/c1-40-56(81-39-66-40)45-30-28-42(29-31-45)36-65-59(75)52-33-46(72)37-70(52)62(78)57(63(3,4)5)68-54(73)27-13-8-7-9-16-32-79-47-23-18-24-48(34-47)80-49-35-53(60(76)67-51-26-17-22-43-19-14-15-25-50(43)51)71(38-49)61(77)55(44-20-11-10-12-21-44)69-58(74)41(2)64-6/h14-15,18-19,23-25,28-31,34,39,41,44,46,49,51-53,55,57,64,72H,7-13,16-17,20-22,26-27,32-33,35-38H2,1-6H3,(H,65,75)(H,67,76)(H,68,73)(H,69,74)/t41-,46+,49-,51+,52-,53-,55-,57+/m0/s1. The van der Waals surface area contributed by atoms with E-state index in [0.29, 0.717) is 30.9 Å². The van der Waals surface area contributed by atoms with Gasteiger partial charge in [-0.1, -0.05) is 114 Å². The van der Waals surface area contributed by atoms with Crippen molar-refractivity contribution in [3.8, 4) is 21.9 Å². The Labute approximate surface area is 482 Å². The normalized spacial score (nSPS) is 21.3. The maximum atomic E-state index is 14.8. The van der Waals surface area contributed by atoms with Crippen molar-refractivity contribution in [3.63, 3.8) is 0 Å². The Hall–Kier alpha value is -6.37. The molecule has 8 rings (SSSR count). The van der Waals surface area contributed by atoms with Gasteiger partial charge >= 0.3 is 0 Å². The highest BCUT2D eigenvalue weighted by atomic mass is 32.1. The molecule has 2 aliphatic heterocycles. The summed E-state index contributed by atoms with van der Waals surface area (Å²) in [6.45, 7) is 10.3. The molecule has 17 nitrogen and oxygen atoms in total. The van der Waals surface area contributed by atoms with Crippen LogP contribution in [0, 0.1) is 18.3 Å². The summed E-state index contributed by atoms with van der Waals surface area (Å²) in [5.74, 6) is -0.505. The Morgan fingerprint density at radius 2 is 1.51 bits per heavy atom. The van der Waals surface area contributed by atoms with E-state index in [1.165, 1.54) is 10.5 Å². The largest absolute Gasteiger partial charge is 0.493 e. The molecule has 6 amide bonds. The van der Waals surface area contributed by atoms with Gasteiger partial charge < -0.3 is 51.0 Å². The zero-order valence-corrected chi connectivity index (χ0v) is 49.1. The van der Waals surface area contributed by atoms with E-state index in [1.54, 1.807) is 30.2 Å². The third kappa shape index (κ3) is 16.2. The molecular weight excluding hydrogens is 1040 g/mol. The van der Waals surface area contributed by atoms with Crippen LogP contribution in [0.2, 0.25) is 0 Å². The zero-order chi connectivity index (χ0) is 57.6. The summed E-state index contributed by atoms with van der Waals surface area (Å²) in [5, 5.41) is 26.0. The van der Waals surface area contributed by atoms with Gasteiger partial charge in [0.2, 0.25) is 35.4 Å². The molecule has 3 fully saturated rings. The summed E-state index contributed by atoms with van der Waals surface area (Å²) < 4.78 is 12.8. The van der Waals surface area contributed by atoms with Crippen LogP contribution in [0.4, 0.5) is 0 Å². The fourth-order valence-corrected chi connectivity index (χ4v) is 12.7. The highest BCUT2D eigenvalue weighted by Gasteiger charge is 2.47. The molecule has 8 atom stereocenters. The average molecular weight is 1130 g/mol. The molecule has 18 heteroatoms. The Kier molecular flexibility index (Phi) is 21.4. The molecule has 2 aliphatic carbocycles. The number of unbranched alkanes of at least 4 members (excludes halogenated alkanes) is 4. The lowest BCUT2D eigenvalue weighted by molar-refractivity contribution is -0.144. The molecule has 2 saturated heterocycles. The number of rotatable bonds is 24. The molecule has 3 heterocycles. The molecule has 6 N–H and O–H groups in total. The van der Waals surface area contributed by atoms with Crippen LogP contribution < -0.4 is 36.1 Å². The van der Waals surface area contributed by atoms with Gasteiger partial charge in [-0.2, -0.15) is 0 Å². The molecule has 0 bridgehead atoms. The molecule has 438 valence electrons. The van der Waals surface area contributed by atoms with Crippen molar-refractivity contribution in [2.45, 2.75) is 192 Å². The number of aryl methyl sites for hydroxylation is 2. The van der Waals surface area contributed by atoms with Crippen molar-refractivity contribution < 1.29 is 43.3 Å². The summed E-state index contributed by atoms with van der Waals surface area (Å²) in [6.07, 6.45) is 10.8. The second-order valence-electron chi connectivity index (χ2n) is 23.8. The number of nitrogens with one attached hydrogen (secondary N) is 5. The Balaban J connectivity index is 0.789. The first kappa shape index (κ1) is 60.7. The van der Waals surface area contributed by atoms with E-state index < -0.39 is 47.8 Å². The highest BCUT2D eigenvalue weighted by Crippen LogP contribution is 2.35. The molecule has 0 unspecified atom stereocenters. The molecular formula is C63H86N8O9S. The van der Waals surface area contributed by atoms with Gasteiger partial charge in [0, 0.05) is 38.4 Å². The quantitative estimate of drug-likeness (QED) is 0.0371. The third-order valence-corrected chi connectivity index (χ3v) is 17.7. The molecule has 1 saturated carbocycles. The number of likely N-dealkylation sites (N-methyl/N-ethyl adjacent to an activating group) is 1. The van der Waals surface area contributed by atoms with Crippen LogP contribution in [-0.2, 0) is 41.7 Å². The molecule has 4 aliphatic rings. The van der Waals surface area contributed by atoms with Gasteiger partial charge in [-0.05, 0) is 112 Å². The third-order valence-electron chi connectivity index (χ3n) is 16.7. The van der Waals surface area contributed by atoms with Crippen molar-refractivity contribution in [3.05, 3.63) is 101 Å². The minimum Gasteiger partial charge on any atom is -0.493 e. The first-order valence-corrected chi connectivity index (χ1v) is 30.5. The van der Waals surface area contributed by atoms with E-state index in [1.807, 2.05) is 93.9 Å². The van der Waals surface area contributed by atoms with E-state index in [-0.39, 0.29) is 79.9 Å². The number of carbonyl (C=O) groups is 6. The molecule has 4 aromatic rings. The summed E-state index contributed by atoms with van der Waals surface area (Å²) in [6, 6.07) is 19.6. The summed E-state index contributed by atoms with van der Waals surface area (Å²) in [7, 11) is 1.72. The topological polar surface area (TPSA) is 221 Å². The van der Waals surface area contributed by atoms with Gasteiger partial charge in [-0.3, -0.25) is 28.8 Å². The number of ether oxygens (including phenoxy) is 2. The fraction of sp³-hybridized carbons (Fsp3) is 0.571. The highest BCUT2D eigenvalue weighted by molar-refractivity contribution is 7.13. The number of benzene rings is 3. The van der Waals surface area contributed by atoms with Crippen LogP contribution in [-0.4, -0.2) is 124 Å². The lowest BCUT2D eigenvalue weighted by Gasteiger charge is -2.35. The number of hydrogen-bond acceptors (Lipinski definition) is 12. The number of aliphatic hydroxyl groups excluding tert-OH is 1. The number of likely N-dealkylation sites (tertiary alicyclic amines) is 2. The Morgan fingerprint density at radius 3 is 2.25 bits per heavy atom. The van der Waals surface area contributed by atoms with E-state index >= 15 is 0 Å². The number of aromatic nitrogens is 1. The van der Waals surface area contributed by atoms with Gasteiger partial charge in [0.05, 0.1) is 47.4 Å². The fourth-order valence-electron chi connectivity index (χ4n) is 11.9. The van der Waals surface area contributed by atoms with Crippen LogP contribution >= 0.6 is 11.3 Å². The molecule has 0 spiro atoms. The van der Waals surface area contributed by atoms with Crippen molar-refractivity contribution in [2.24, 2.45) is 11.3 Å². The van der Waals surface area contributed by atoms with E-state index in [9.17, 15) is 33.9 Å². The van der Waals surface area contributed by atoms with Crippen molar-refractivity contribution in [1.82, 2.24) is 41.4 Å². The van der Waals surface area contributed by atoms with Gasteiger partial charge in [-0.15, -0.1) is 11.3 Å². The predicted octanol–water partition coefficient (Wildman–Crippen LogP) is 7.86. The molecule has 0 radical (unpaired) electrons. The number of carbonyl (C=O) groups excluding carboxylic acids is 6. The smallest absolute Gasteiger partial charge is 0.246 e. The molecule has 81 heavy (non-hydrogen) atoms. The minimum atomic E-state index is -0.892. The zero-order valence-electron chi connectivity index (χ0n) is 48.3. The number of hydrogen-bond donors (Lipinski definition) is 6. The maximum Gasteiger partial charge on any atom is 0.246 e. The molecule has 3 aromatic carbocycles. The number of aliphatic hydroxyl groups is 1. The monoisotopic (exact) mass is 1130 g/mol. The number of thiazole rings is 1. The minimum absolute atomic E-state index is 0.00820. The summed E-state index contributed by atoms with van der Waals surface area (Å²) in [4.78, 5) is 92.2. The van der Waals surface area contributed by atoms with E-state index in [2.05, 4.69) is 43.7 Å². The summed E-state index contributed by atoms with van der Waals surface area (Å²) >= 11 is 1.58. The van der Waals surface area contributed by atoms with Crippen LogP contribution in [0.3, 0.4) is 0 Å². The van der Waals surface area contributed by atoms with E-state index in [4.69, 9.17) is 9.47 Å². The lowest BCUT2D eigenvalue weighted by Crippen LogP contribution is -2.58. The number of amides is 6. The second kappa shape index (κ2) is 28.6. The van der Waals surface area contributed by atoms with Crippen molar-refractivity contribution in [1.29, 1.82) is 0 Å². The number of β-amino-alcohol motifs (C(OH)–C–C–N with tert-alkyl or cyclic N) is 1. The number of fused-ring (bicyclic) bond motifs is 1. The predicted molar refractivity (Wildman–Crippen MR) is 313 cm³/mol. The van der Waals surface area contributed by atoms with Gasteiger partial charge in [-0.25, -0.2) is 4.98 Å². The van der Waals surface area contributed by atoms with Crippen LogP contribution in [0.5, 0.6) is 11.5 Å². The van der Waals surface area contributed by atoms with Crippen LogP contribution in [0.1, 0.15) is 152 Å². The van der Waals surface area contributed by atoms with Crippen LogP contribution in [0.15, 0.2) is 78.3 Å². The second-order valence-corrected chi connectivity index (χ2v) is 24.7. The SMILES string of the molecule is CN[C@@H](C)C(=O)N[C@H](C(=O)N1C[C@@H](Oc2cccc(OCCCCCCCC(=O)N[C@H](C(=O)N3C[C@H](O)C[C@H]3C(=O)NCc3ccc(-c4scnc4C)cc3)C(C)(C)C)c2)C[C@H]1C(=O)N[C@@H]1CCCc2ccccc21)C1CCCCC1. The van der Waals surface area contributed by atoms with Crippen molar-refractivity contribution in [2.75, 3.05) is 26.7 Å². The molecule has 1 aromatic heterocycles. The number of nitrogens with zero attached hydrogens (tertiary/aromatic N) is 3. The van der Waals surface area contributed by atoms with Gasteiger partial charge in [0.15, 0.2) is 0 Å². The average Bonchev–Trinajstić information content (AvgIpc) is 4.23. The maximum absolute atomic E-state index is 14.8. The van der Waals surface area contributed by atoms with Gasteiger partial charge in [0.1, 0.15) is 41.8 Å². The van der Waals surface area contributed by atoms with Gasteiger partial charge in [0.25, 0.3) is 0 Å². The van der Waals surface area contributed by atoms with Crippen molar-refractivity contribution >= 4 is 46.8 Å². The summed E-state index contributed by atoms with van der Waals surface area (Å²) in [5.41, 5.74) is 6.43. The van der Waals surface area contributed by atoms with Crippen LogP contribution in [0.25, 0.3) is 10.4 Å².